The Bertz CT molecular complexity index is 427. The molecule has 0 aliphatic heterocycles. The van der Waals surface area contributed by atoms with Gasteiger partial charge in [-0.15, -0.1) is 0 Å². The first-order valence-electron chi connectivity index (χ1n) is 5.18. The van der Waals surface area contributed by atoms with E-state index in [1.54, 1.807) is 13.8 Å². The Balaban J connectivity index is 2.70. The highest BCUT2D eigenvalue weighted by molar-refractivity contribution is 5.98. The fourth-order valence-corrected chi connectivity index (χ4v) is 1.25. The molecule has 1 aromatic heterocycles. The second-order valence-corrected chi connectivity index (χ2v) is 3.58. The number of rotatable bonds is 4. The van der Waals surface area contributed by atoms with Gasteiger partial charge in [-0.05, 0) is 13.8 Å². The second-order valence-electron chi connectivity index (χ2n) is 3.58. The number of nitrogen functional groups attached to an aromatic ring is 1. The van der Waals surface area contributed by atoms with E-state index in [1.165, 1.54) is 11.9 Å². The van der Waals surface area contributed by atoms with E-state index in [0.717, 1.165) is 0 Å². The Morgan fingerprint density at radius 3 is 2.65 bits per heavy atom. The largest absolute Gasteiger partial charge is 0.465 e. The molecule has 7 heteroatoms. The van der Waals surface area contributed by atoms with Gasteiger partial charge in [0.15, 0.2) is 5.69 Å². The molecule has 0 spiro atoms. The van der Waals surface area contributed by atoms with Crippen LogP contribution in [0.4, 0.5) is 5.69 Å². The quantitative estimate of drug-likeness (QED) is 0.718. The third kappa shape index (κ3) is 2.96. The van der Waals surface area contributed by atoms with Crippen LogP contribution in [0.3, 0.4) is 0 Å². The van der Waals surface area contributed by atoms with Crippen LogP contribution in [-0.2, 0) is 9.53 Å². The SMILES string of the molecule is CCOC(=O)CN(C)C(=O)c1n[nH]c(C)c1N. The number of nitrogens with one attached hydrogen (secondary N) is 1. The summed E-state index contributed by atoms with van der Waals surface area (Å²) >= 11 is 0. The molecule has 1 amide bonds. The normalized spacial score (nSPS) is 10.1. The minimum Gasteiger partial charge on any atom is -0.465 e. The number of H-pyrrole nitrogens is 1. The Labute approximate surface area is 98.9 Å². The Morgan fingerprint density at radius 1 is 1.53 bits per heavy atom. The summed E-state index contributed by atoms with van der Waals surface area (Å²) in [5.41, 5.74) is 6.71. The Hall–Kier alpha value is -2.05. The number of ether oxygens (including phenoxy) is 1. The van der Waals surface area contributed by atoms with Gasteiger partial charge in [-0.2, -0.15) is 5.10 Å². The van der Waals surface area contributed by atoms with Gasteiger partial charge in [0.2, 0.25) is 0 Å². The molecule has 7 nitrogen and oxygen atoms in total. The summed E-state index contributed by atoms with van der Waals surface area (Å²) in [6.45, 7) is 3.57. The number of anilines is 1. The van der Waals surface area contributed by atoms with Crippen LogP contribution >= 0.6 is 0 Å². The molecular formula is C10H16N4O3. The van der Waals surface area contributed by atoms with Crippen molar-refractivity contribution in [3.63, 3.8) is 0 Å². The maximum atomic E-state index is 11.9. The van der Waals surface area contributed by atoms with Gasteiger partial charge in [-0.3, -0.25) is 14.7 Å². The molecular weight excluding hydrogens is 224 g/mol. The lowest BCUT2D eigenvalue weighted by Gasteiger charge is -2.14. The highest BCUT2D eigenvalue weighted by atomic mass is 16.5. The van der Waals surface area contributed by atoms with Crippen molar-refractivity contribution < 1.29 is 14.3 Å². The summed E-state index contributed by atoms with van der Waals surface area (Å²) < 4.78 is 4.74. The average molecular weight is 240 g/mol. The minimum atomic E-state index is -0.464. The van der Waals surface area contributed by atoms with Gasteiger partial charge in [0.05, 0.1) is 18.0 Å². The van der Waals surface area contributed by atoms with Gasteiger partial charge in [-0.25, -0.2) is 0 Å². The lowest BCUT2D eigenvalue weighted by atomic mass is 10.3. The van der Waals surface area contributed by atoms with Crippen LogP contribution in [0.1, 0.15) is 23.1 Å². The van der Waals surface area contributed by atoms with Gasteiger partial charge in [0, 0.05) is 7.05 Å². The van der Waals surface area contributed by atoms with E-state index in [4.69, 9.17) is 10.5 Å². The summed E-state index contributed by atoms with van der Waals surface area (Å²) in [4.78, 5) is 24.3. The van der Waals surface area contributed by atoms with Crippen LogP contribution in [0.15, 0.2) is 0 Å². The van der Waals surface area contributed by atoms with E-state index in [1.807, 2.05) is 0 Å². The van der Waals surface area contributed by atoms with Crippen LogP contribution in [0.25, 0.3) is 0 Å². The van der Waals surface area contributed by atoms with Crippen molar-refractivity contribution in [3.05, 3.63) is 11.4 Å². The number of hydrogen-bond donors (Lipinski definition) is 2. The summed E-state index contributed by atoms with van der Waals surface area (Å²) in [5, 5.41) is 6.41. The summed E-state index contributed by atoms with van der Waals surface area (Å²) in [6.07, 6.45) is 0. The zero-order valence-electron chi connectivity index (χ0n) is 10.1. The zero-order chi connectivity index (χ0) is 13.0. The molecule has 0 aliphatic carbocycles. The molecule has 0 unspecified atom stereocenters. The summed E-state index contributed by atoms with van der Waals surface area (Å²) in [7, 11) is 1.49. The molecule has 0 aliphatic rings. The molecule has 0 atom stereocenters. The number of esters is 1. The molecule has 1 aromatic rings. The van der Waals surface area contributed by atoms with E-state index in [0.29, 0.717) is 11.4 Å². The van der Waals surface area contributed by atoms with Crippen LogP contribution in [0.5, 0.6) is 0 Å². The van der Waals surface area contributed by atoms with Crippen molar-refractivity contribution >= 4 is 17.6 Å². The first-order valence-corrected chi connectivity index (χ1v) is 5.18. The lowest BCUT2D eigenvalue weighted by Crippen LogP contribution is -2.33. The molecule has 0 saturated heterocycles. The van der Waals surface area contributed by atoms with Crippen molar-refractivity contribution in [2.45, 2.75) is 13.8 Å². The number of carbonyl (C=O) groups excluding carboxylic acids is 2. The third-order valence-corrected chi connectivity index (χ3v) is 2.22. The number of aryl methyl sites for hydroxylation is 1. The van der Waals surface area contributed by atoms with Crippen LogP contribution < -0.4 is 5.73 Å². The highest BCUT2D eigenvalue weighted by Gasteiger charge is 2.21. The van der Waals surface area contributed by atoms with Crippen LogP contribution in [0, 0.1) is 6.92 Å². The van der Waals surface area contributed by atoms with E-state index in [-0.39, 0.29) is 18.8 Å². The van der Waals surface area contributed by atoms with Crippen molar-refractivity contribution in [1.29, 1.82) is 0 Å². The van der Waals surface area contributed by atoms with E-state index in [9.17, 15) is 9.59 Å². The molecule has 0 bridgehead atoms. The van der Waals surface area contributed by atoms with E-state index in [2.05, 4.69) is 10.2 Å². The van der Waals surface area contributed by atoms with Gasteiger partial charge in [0.1, 0.15) is 6.54 Å². The van der Waals surface area contributed by atoms with Crippen LogP contribution in [0.2, 0.25) is 0 Å². The number of nitrogens with zero attached hydrogens (tertiary/aromatic N) is 2. The molecule has 0 saturated carbocycles. The maximum absolute atomic E-state index is 11.9. The number of hydrogen-bond acceptors (Lipinski definition) is 5. The minimum absolute atomic E-state index is 0.120. The molecule has 94 valence electrons. The predicted octanol–water partition coefficient (Wildman–Crippen LogP) is -0.0646. The maximum Gasteiger partial charge on any atom is 0.325 e. The zero-order valence-corrected chi connectivity index (χ0v) is 10.1. The van der Waals surface area contributed by atoms with Crippen molar-refractivity contribution in [2.75, 3.05) is 25.9 Å². The highest BCUT2D eigenvalue weighted by Crippen LogP contribution is 2.14. The Kier molecular flexibility index (Phi) is 4.08. The van der Waals surface area contributed by atoms with Crippen LogP contribution in [-0.4, -0.2) is 47.2 Å². The number of carbonyl (C=O) groups is 2. The average Bonchev–Trinajstić information content (AvgIpc) is 2.59. The van der Waals surface area contributed by atoms with Crippen molar-refractivity contribution in [1.82, 2.24) is 15.1 Å². The first kappa shape index (κ1) is 13.0. The standard InChI is InChI=1S/C10H16N4O3/c1-4-17-7(15)5-14(3)10(16)9-8(11)6(2)12-13-9/h4-5,11H2,1-3H3,(H,12,13). The fourth-order valence-electron chi connectivity index (χ4n) is 1.25. The van der Waals surface area contributed by atoms with Crippen molar-refractivity contribution in [2.24, 2.45) is 0 Å². The summed E-state index contributed by atoms with van der Waals surface area (Å²) in [5.74, 6) is -0.880. The topological polar surface area (TPSA) is 101 Å². The van der Waals surface area contributed by atoms with Gasteiger partial charge < -0.3 is 15.4 Å². The number of nitrogens with two attached hydrogens (primary N) is 1. The monoisotopic (exact) mass is 240 g/mol. The molecule has 0 radical (unpaired) electrons. The smallest absolute Gasteiger partial charge is 0.325 e. The summed E-state index contributed by atoms with van der Waals surface area (Å²) in [6, 6.07) is 0. The molecule has 1 rings (SSSR count). The van der Waals surface area contributed by atoms with Gasteiger partial charge >= 0.3 is 5.97 Å². The number of amides is 1. The molecule has 17 heavy (non-hydrogen) atoms. The molecule has 0 aromatic carbocycles. The van der Waals surface area contributed by atoms with E-state index < -0.39 is 11.9 Å². The van der Waals surface area contributed by atoms with Gasteiger partial charge in [0.25, 0.3) is 5.91 Å². The van der Waals surface area contributed by atoms with E-state index >= 15 is 0 Å². The predicted molar refractivity (Wildman–Crippen MR) is 61.3 cm³/mol. The number of aromatic nitrogens is 2. The number of aromatic amines is 1. The number of likely N-dealkylation sites (N-methyl/N-ethyl adjacent to an activating group) is 1. The molecule has 1 heterocycles. The lowest BCUT2D eigenvalue weighted by molar-refractivity contribution is -0.143. The fraction of sp³-hybridized carbons (Fsp3) is 0.500. The first-order chi connectivity index (χ1) is 7.97. The van der Waals surface area contributed by atoms with Gasteiger partial charge in [-0.1, -0.05) is 0 Å². The third-order valence-electron chi connectivity index (χ3n) is 2.22. The Morgan fingerprint density at radius 2 is 2.18 bits per heavy atom. The molecule has 0 fully saturated rings. The van der Waals surface area contributed by atoms with Crippen molar-refractivity contribution in [3.8, 4) is 0 Å². The second kappa shape index (κ2) is 5.33. The molecule has 3 N–H and O–H groups in total.